The summed E-state index contributed by atoms with van der Waals surface area (Å²) in [6.45, 7) is 8.09. The maximum atomic E-state index is 12.4. The van der Waals surface area contributed by atoms with Crippen molar-refractivity contribution < 1.29 is 13.9 Å². The van der Waals surface area contributed by atoms with E-state index in [9.17, 15) is 9.59 Å². The summed E-state index contributed by atoms with van der Waals surface area (Å²) in [6, 6.07) is 1.84. The van der Waals surface area contributed by atoms with Crippen LogP contribution in [0.15, 0.2) is 15.3 Å². The van der Waals surface area contributed by atoms with Crippen LogP contribution < -0.4 is 16.3 Å². The Morgan fingerprint density at radius 1 is 1.33 bits per heavy atom. The van der Waals surface area contributed by atoms with Crippen molar-refractivity contribution in [2.45, 2.75) is 25.7 Å². The molecule has 1 aromatic heterocycles. The van der Waals surface area contributed by atoms with E-state index < -0.39 is 5.63 Å². The number of nitrogens with zero attached hydrogens (tertiary/aromatic N) is 1. The molecule has 2 N–H and O–H groups in total. The summed E-state index contributed by atoms with van der Waals surface area (Å²) in [6.07, 6.45) is 2.07. The molecule has 0 radical (unpaired) electrons. The largest absolute Gasteiger partial charge is 0.427 e. The van der Waals surface area contributed by atoms with Gasteiger partial charge < -0.3 is 19.8 Å². The maximum Gasteiger partial charge on any atom is 0.349 e. The zero-order valence-electron chi connectivity index (χ0n) is 15.6. The van der Waals surface area contributed by atoms with Crippen molar-refractivity contribution in [1.82, 2.24) is 15.5 Å². The van der Waals surface area contributed by atoms with Crippen molar-refractivity contribution in [1.29, 1.82) is 0 Å². The van der Waals surface area contributed by atoms with Crippen LogP contribution in [-0.4, -0.2) is 63.3 Å². The predicted octanol–water partition coefficient (Wildman–Crippen LogP) is 1.32. The fourth-order valence-electron chi connectivity index (χ4n) is 3.44. The molecule has 0 bridgehead atoms. The van der Waals surface area contributed by atoms with Crippen molar-refractivity contribution in [2.24, 2.45) is 0 Å². The van der Waals surface area contributed by atoms with Crippen LogP contribution >= 0.6 is 24.8 Å². The van der Waals surface area contributed by atoms with Crippen molar-refractivity contribution >= 4 is 30.7 Å². The van der Waals surface area contributed by atoms with Crippen LogP contribution in [0.4, 0.5) is 0 Å². The Bertz CT molecular complexity index is 656. The molecule has 1 amide bonds. The van der Waals surface area contributed by atoms with E-state index >= 15 is 0 Å². The van der Waals surface area contributed by atoms with Gasteiger partial charge in [-0.25, -0.2) is 4.79 Å². The summed E-state index contributed by atoms with van der Waals surface area (Å²) in [7, 11) is 0. The first-order chi connectivity index (χ1) is 12.1. The maximum absolute atomic E-state index is 12.4. The first-order valence-electron chi connectivity index (χ1n) is 9.09. The fourth-order valence-corrected chi connectivity index (χ4v) is 3.44. The lowest BCUT2D eigenvalue weighted by Gasteiger charge is -2.26. The number of rotatable bonds is 5. The van der Waals surface area contributed by atoms with Gasteiger partial charge in [0, 0.05) is 38.6 Å². The number of amides is 1. The summed E-state index contributed by atoms with van der Waals surface area (Å²) in [5.41, 5.74) is 0.264. The van der Waals surface area contributed by atoms with E-state index in [1.165, 1.54) is 0 Å². The number of hydrogen-bond donors (Lipinski definition) is 2. The number of ether oxygens (including phenoxy) is 1. The molecule has 0 spiro atoms. The lowest BCUT2D eigenvalue weighted by Crippen LogP contribution is -2.42. The van der Waals surface area contributed by atoms with E-state index in [1.54, 1.807) is 6.92 Å². The molecule has 1 atom stereocenters. The lowest BCUT2D eigenvalue weighted by atomic mass is 9.95. The highest BCUT2D eigenvalue weighted by atomic mass is 35.5. The first kappa shape index (κ1) is 23.9. The smallest absolute Gasteiger partial charge is 0.349 e. The van der Waals surface area contributed by atoms with Gasteiger partial charge >= 0.3 is 5.63 Å². The fraction of sp³-hybridized carbons (Fsp3) is 0.667. The second-order valence-corrected chi connectivity index (χ2v) is 6.75. The van der Waals surface area contributed by atoms with Gasteiger partial charge in [0.05, 0.1) is 13.2 Å². The first-order valence-corrected chi connectivity index (χ1v) is 9.09. The lowest BCUT2D eigenvalue weighted by molar-refractivity contribution is 0.0383. The van der Waals surface area contributed by atoms with E-state index in [0.29, 0.717) is 17.9 Å². The Labute approximate surface area is 172 Å². The number of piperidine rings is 1. The highest BCUT2D eigenvalue weighted by molar-refractivity contribution is 5.95. The van der Waals surface area contributed by atoms with Gasteiger partial charge in [0.2, 0.25) is 0 Å². The molecule has 1 unspecified atom stereocenters. The van der Waals surface area contributed by atoms with Gasteiger partial charge in [-0.3, -0.25) is 9.69 Å². The normalized spacial score (nSPS) is 20.3. The predicted molar refractivity (Wildman–Crippen MR) is 109 cm³/mol. The van der Waals surface area contributed by atoms with Crippen molar-refractivity contribution in [2.75, 3.05) is 52.5 Å². The van der Waals surface area contributed by atoms with E-state index in [0.717, 1.165) is 58.8 Å². The van der Waals surface area contributed by atoms with Gasteiger partial charge in [-0.05, 0) is 37.9 Å². The number of halogens is 2. The van der Waals surface area contributed by atoms with Crippen LogP contribution in [-0.2, 0) is 4.74 Å². The molecule has 1 aromatic rings. The Balaban J connectivity index is 0.00000182. The van der Waals surface area contributed by atoms with Crippen molar-refractivity contribution in [3.63, 3.8) is 0 Å². The average molecular weight is 422 g/mol. The third kappa shape index (κ3) is 6.47. The molecule has 0 saturated carbocycles. The Morgan fingerprint density at radius 2 is 2.07 bits per heavy atom. The van der Waals surface area contributed by atoms with Crippen molar-refractivity contribution in [3.05, 3.63) is 33.4 Å². The zero-order valence-corrected chi connectivity index (χ0v) is 17.3. The minimum Gasteiger partial charge on any atom is -0.427 e. The number of morpholine rings is 1. The molecule has 2 aliphatic heterocycles. The molecule has 3 heterocycles. The molecule has 2 aliphatic rings. The molecule has 3 rings (SSSR count). The highest BCUT2D eigenvalue weighted by Gasteiger charge is 2.22. The van der Waals surface area contributed by atoms with Crippen LogP contribution in [0, 0.1) is 6.92 Å². The van der Waals surface area contributed by atoms with Gasteiger partial charge in [0.1, 0.15) is 11.3 Å². The van der Waals surface area contributed by atoms with Crippen LogP contribution in [0.5, 0.6) is 0 Å². The van der Waals surface area contributed by atoms with Crippen LogP contribution in [0.1, 0.15) is 40.4 Å². The SMILES string of the molecule is Cc1cc(C2CCCNC2)oc(=O)c1C(=O)NCCN1CCOCC1.Cl.Cl. The molecule has 27 heavy (non-hydrogen) atoms. The number of hydrogen-bond acceptors (Lipinski definition) is 6. The quantitative estimate of drug-likeness (QED) is 0.745. The number of aryl methyl sites for hydroxylation is 1. The molecule has 0 aromatic carbocycles. The molecular formula is C18H29Cl2N3O4. The summed E-state index contributed by atoms with van der Waals surface area (Å²) in [4.78, 5) is 27.0. The molecule has 0 aliphatic carbocycles. The summed E-state index contributed by atoms with van der Waals surface area (Å²) < 4.78 is 10.8. The Morgan fingerprint density at radius 3 is 2.70 bits per heavy atom. The number of nitrogens with one attached hydrogen (secondary N) is 2. The van der Waals surface area contributed by atoms with Crippen LogP contribution in [0.2, 0.25) is 0 Å². The van der Waals surface area contributed by atoms with Gasteiger partial charge in [0.25, 0.3) is 5.91 Å². The zero-order chi connectivity index (χ0) is 17.6. The van der Waals surface area contributed by atoms with E-state index in [1.807, 2.05) is 6.07 Å². The third-order valence-corrected chi connectivity index (χ3v) is 4.91. The molecule has 154 valence electrons. The number of carbonyl (C=O) groups excluding carboxylic acids is 1. The third-order valence-electron chi connectivity index (χ3n) is 4.91. The Kier molecular flexibility index (Phi) is 10.3. The minimum absolute atomic E-state index is 0. The topological polar surface area (TPSA) is 83.8 Å². The monoisotopic (exact) mass is 421 g/mol. The van der Waals surface area contributed by atoms with Gasteiger partial charge in [0.15, 0.2) is 0 Å². The van der Waals surface area contributed by atoms with Gasteiger partial charge in [-0.2, -0.15) is 0 Å². The summed E-state index contributed by atoms with van der Waals surface area (Å²) in [5, 5.41) is 6.15. The molecule has 2 fully saturated rings. The van der Waals surface area contributed by atoms with Crippen molar-refractivity contribution in [3.8, 4) is 0 Å². The van der Waals surface area contributed by atoms with Crippen LogP contribution in [0.25, 0.3) is 0 Å². The number of carbonyl (C=O) groups is 1. The molecule has 9 heteroatoms. The second-order valence-electron chi connectivity index (χ2n) is 6.75. The van der Waals surface area contributed by atoms with Gasteiger partial charge in [-0.1, -0.05) is 0 Å². The van der Waals surface area contributed by atoms with E-state index in [2.05, 4.69) is 15.5 Å². The Hall–Kier alpha value is -1.12. The summed E-state index contributed by atoms with van der Waals surface area (Å²) >= 11 is 0. The van der Waals surface area contributed by atoms with Gasteiger partial charge in [-0.15, -0.1) is 24.8 Å². The standard InChI is InChI=1S/C18H27N3O4.2ClH/c1-13-11-15(14-3-2-4-19-12-14)25-18(23)16(13)17(22)20-5-6-21-7-9-24-10-8-21;;/h11,14,19H,2-10,12H2,1H3,(H,20,22);2*1H. The minimum atomic E-state index is -0.538. The van der Waals surface area contributed by atoms with E-state index in [4.69, 9.17) is 9.15 Å². The van der Waals surface area contributed by atoms with E-state index in [-0.39, 0.29) is 42.2 Å². The molecule has 2 saturated heterocycles. The average Bonchev–Trinajstić information content (AvgIpc) is 2.63. The highest BCUT2D eigenvalue weighted by Crippen LogP contribution is 2.23. The van der Waals surface area contributed by atoms with Crippen LogP contribution in [0.3, 0.4) is 0 Å². The molecular weight excluding hydrogens is 393 g/mol. The molecule has 7 nitrogen and oxygen atoms in total. The second kappa shape index (κ2) is 11.7. The summed E-state index contributed by atoms with van der Waals surface area (Å²) in [5.74, 6) is 0.533.